The normalized spacial score (nSPS) is 24.6. The van der Waals surface area contributed by atoms with Gasteiger partial charge in [-0.25, -0.2) is 4.79 Å². The predicted octanol–water partition coefficient (Wildman–Crippen LogP) is 0.131. The van der Waals surface area contributed by atoms with Crippen molar-refractivity contribution in [1.29, 1.82) is 0 Å². The van der Waals surface area contributed by atoms with Gasteiger partial charge in [-0.15, -0.1) is 0 Å². The molecule has 1 aliphatic heterocycles. The number of halogens is 3. The van der Waals surface area contributed by atoms with Crippen LogP contribution in [-0.2, 0) is 14.4 Å². The van der Waals surface area contributed by atoms with Gasteiger partial charge < -0.3 is 15.3 Å². The summed E-state index contributed by atoms with van der Waals surface area (Å²) in [6, 6.07) is 0. The van der Waals surface area contributed by atoms with Gasteiger partial charge in [-0.2, -0.15) is 13.2 Å². The second kappa shape index (κ2) is 4.64. The molecule has 20 heavy (non-hydrogen) atoms. The Morgan fingerprint density at radius 2 is 2.00 bits per heavy atom. The first-order valence-corrected chi connectivity index (χ1v) is 6.03. The van der Waals surface area contributed by atoms with Crippen LogP contribution in [0.1, 0.15) is 19.3 Å². The van der Waals surface area contributed by atoms with Gasteiger partial charge >= 0.3 is 12.1 Å². The van der Waals surface area contributed by atoms with E-state index in [1.54, 1.807) is 0 Å². The molecule has 2 N–H and O–H groups in total. The van der Waals surface area contributed by atoms with Crippen LogP contribution in [0.5, 0.6) is 0 Å². The van der Waals surface area contributed by atoms with Gasteiger partial charge in [0.05, 0.1) is 5.92 Å². The van der Waals surface area contributed by atoms with Crippen LogP contribution in [0, 0.1) is 5.92 Å². The van der Waals surface area contributed by atoms with Gasteiger partial charge in [-0.3, -0.25) is 9.59 Å². The molecule has 0 bridgehead atoms. The molecule has 0 spiro atoms. The number of rotatable bonds is 4. The fourth-order valence-electron chi connectivity index (χ4n) is 2.17. The summed E-state index contributed by atoms with van der Waals surface area (Å²) in [5.41, 5.74) is -1.29. The number of likely N-dealkylation sites (tertiary alicyclic amines) is 1. The molecule has 1 saturated carbocycles. The molecule has 6 nitrogen and oxygen atoms in total. The second-order valence-electron chi connectivity index (χ2n) is 5.17. The summed E-state index contributed by atoms with van der Waals surface area (Å²) in [6.07, 6.45) is -4.25. The number of carbonyl (C=O) groups excluding carboxylic acids is 2. The minimum absolute atomic E-state index is 0.293. The van der Waals surface area contributed by atoms with Crippen molar-refractivity contribution in [2.45, 2.75) is 31.0 Å². The van der Waals surface area contributed by atoms with Gasteiger partial charge in [-0.05, 0) is 12.8 Å². The molecule has 112 valence electrons. The van der Waals surface area contributed by atoms with Gasteiger partial charge in [0.25, 0.3) is 0 Å². The lowest BCUT2D eigenvalue weighted by molar-refractivity contribution is -0.157. The van der Waals surface area contributed by atoms with Crippen LogP contribution in [-0.4, -0.2) is 52.6 Å². The zero-order valence-corrected chi connectivity index (χ0v) is 10.4. The zero-order valence-electron chi connectivity index (χ0n) is 10.4. The molecule has 2 aliphatic rings. The highest BCUT2D eigenvalue weighted by Crippen LogP contribution is 2.36. The molecule has 0 aromatic heterocycles. The van der Waals surface area contributed by atoms with E-state index in [0.717, 1.165) is 0 Å². The first-order valence-electron chi connectivity index (χ1n) is 6.03. The Hall–Kier alpha value is -1.80. The number of hydrogen-bond acceptors (Lipinski definition) is 3. The van der Waals surface area contributed by atoms with E-state index in [1.165, 1.54) is 0 Å². The quantitative estimate of drug-likeness (QED) is 0.771. The van der Waals surface area contributed by atoms with Crippen LogP contribution >= 0.6 is 0 Å². The summed E-state index contributed by atoms with van der Waals surface area (Å²) in [4.78, 5) is 34.7. The summed E-state index contributed by atoms with van der Waals surface area (Å²) < 4.78 is 36.7. The molecule has 2 fully saturated rings. The van der Waals surface area contributed by atoms with Crippen molar-refractivity contribution in [2.75, 3.05) is 13.1 Å². The van der Waals surface area contributed by atoms with E-state index < -0.39 is 42.0 Å². The first kappa shape index (κ1) is 14.6. The van der Waals surface area contributed by atoms with E-state index in [1.807, 2.05) is 0 Å². The minimum Gasteiger partial charge on any atom is -0.480 e. The summed E-state index contributed by atoms with van der Waals surface area (Å²) in [5, 5.41) is 11.2. The van der Waals surface area contributed by atoms with Crippen molar-refractivity contribution in [3.63, 3.8) is 0 Å². The smallest absolute Gasteiger partial charge is 0.406 e. The third-order valence-electron chi connectivity index (χ3n) is 3.48. The van der Waals surface area contributed by atoms with Crippen molar-refractivity contribution in [1.82, 2.24) is 10.2 Å². The third-order valence-corrected chi connectivity index (χ3v) is 3.48. The SMILES string of the molecule is O=C(NC1(C(=O)O)CC1)C1CC(=O)N(CC(F)(F)F)C1. The number of amides is 2. The molecule has 2 rings (SSSR count). The van der Waals surface area contributed by atoms with Gasteiger partial charge in [0, 0.05) is 13.0 Å². The van der Waals surface area contributed by atoms with E-state index in [9.17, 15) is 27.6 Å². The van der Waals surface area contributed by atoms with Gasteiger partial charge in [0.2, 0.25) is 11.8 Å². The number of nitrogens with one attached hydrogen (secondary N) is 1. The van der Waals surface area contributed by atoms with Crippen LogP contribution in [0.4, 0.5) is 13.2 Å². The lowest BCUT2D eigenvalue weighted by Crippen LogP contribution is -2.46. The lowest BCUT2D eigenvalue weighted by atomic mass is 10.1. The van der Waals surface area contributed by atoms with Crippen molar-refractivity contribution < 1.29 is 32.7 Å². The van der Waals surface area contributed by atoms with Crippen molar-refractivity contribution in [3.8, 4) is 0 Å². The standard InChI is InChI=1S/C11H13F3N2O4/c12-11(13,14)5-16-4-6(3-7(16)17)8(18)15-10(1-2-10)9(19)20/h6H,1-5H2,(H,15,18)(H,19,20). The molecule has 0 aromatic carbocycles. The second-order valence-corrected chi connectivity index (χ2v) is 5.17. The fraction of sp³-hybridized carbons (Fsp3) is 0.727. The highest BCUT2D eigenvalue weighted by molar-refractivity contribution is 5.94. The first-order chi connectivity index (χ1) is 9.13. The molecular weight excluding hydrogens is 281 g/mol. The third kappa shape index (κ3) is 3.02. The predicted molar refractivity (Wildman–Crippen MR) is 58.5 cm³/mol. The average Bonchev–Trinajstić information content (AvgIpc) is 2.98. The van der Waals surface area contributed by atoms with Crippen LogP contribution in [0.3, 0.4) is 0 Å². The van der Waals surface area contributed by atoms with Gasteiger partial charge in [-0.1, -0.05) is 0 Å². The Bertz CT molecular complexity index is 459. The Kier molecular flexibility index (Phi) is 3.39. The fourth-order valence-corrected chi connectivity index (χ4v) is 2.17. The van der Waals surface area contributed by atoms with Crippen LogP contribution < -0.4 is 5.32 Å². The topological polar surface area (TPSA) is 86.7 Å². The van der Waals surface area contributed by atoms with E-state index in [-0.39, 0.29) is 13.0 Å². The van der Waals surface area contributed by atoms with Gasteiger partial charge in [0.1, 0.15) is 12.1 Å². The number of carboxylic acids is 1. The van der Waals surface area contributed by atoms with Crippen LogP contribution in [0.2, 0.25) is 0 Å². The highest BCUT2D eigenvalue weighted by atomic mass is 19.4. The summed E-state index contributed by atoms with van der Waals surface area (Å²) in [7, 11) is 0. The summed E-state index contributed by atoms with van der Waals surface area (Å²) in [5.74, 6) is -3.52. The zero-order chi connectivity index (χ0) is 15.1. The van der Waals surface area contributed by atoms with E-state index >= 15 is 0 Å². The molecule has 1 saturated heterocycles. The number of carbonyl (C=O) groups is 3. The average molecular weight is 294 g/mol. The largest absolute Gasteiger partial charge is 0.480 e. The molecule has 1 heterocycles. The van der Waals surface area contributed by atoms with Crippen molar-refractivity contribution >= 4 is 17.8 Å². The van der Waals surface area contributed by atoms with E-state index in [2.05, 4.69) is 5.32 Å². The molecule has 1 atom stereocenters. The summed E-state index contributed by atoms with van der Waals surface area (Å²) in [6.45, 7) is -1.72. The lowest BCUT2D eigenvalue weighted by Gasteiger charge is -2.19. The molecule has 2 amide bonds. The maximum absolute atomic E-state index is 12.2. The number of carboxylic acid groups (broad SMARTS) is 1. The highest BCUT2D eigenvalue weighted by Gasteiger charge is 2.53. The van der Waals surface area contributed by atoms with Crippen molar-refractivity contribution in [3.05, 3.63) is 0 Å². The van der Waals surface area contributed by atoms with Crippen LogP contribution in [0.25, 0.3) is 0 Å². The Morgan fingerprint density at radius 1 is 1.40 bits per heavy atom. The number of hydrogen-bond donors (Lipinski definition) is 2. The minimum atomic E-state index is -4.51. The molecule has 1 unspecified atom stereocenters. The Labute approximate surface area is 111 Å². The Morgan fingerprint density at radius 3 is 2.45 bits per heavy atom. The van der Waals surface area contributed by atoms with E-state index in [0.29, 0.717) is 17.7 Å². The molecule has 0 aromatic rings. The monoisotopic (exact) mass is 294 g/mol. The number of aliphatic carboxylic acids is 1. The molecule has 9 heteroatoms. The maximum Gasteiger partial charge on any atom is 0.406 e. The molecule has 0 radical (unpaired) electrons. The Balaban J connectivity index is 1.93. The maximum atomic E-state index is 12.2. The van der Waals surface area contributed by atoms with E-state index in [4.69, 9.17) is 5.11 Å². The van der Waals surface area contributed by atoms with Crippen LogP contribution in [0.15, 0.2) is 0 Å². The molecular formula is C11H13F3N2O4. The number of nitrogens with zero attached hydrogens (tertiary/aromatic N) is 1. The molecule has 1 aliphatic carbocycles. The number of alkyl halides is 3. The summed E-state index contributed by atoms with van der Waals surface area (Å²) >= 11 is 0. The van der Waals surface area contributed by atoms with Crippen molar-refractivity contribution in [2.24, 2.45) is 5.92 Å². The van der Waals surface area contributed by atoms with Gasteiger partial charge in [0.15, 0.2) is 0 Å².